The number of carbonyl (C=O) groups is 2. The summed E-state index contributed by atoms with van der Waals surface area (Å²) in [5.41, 5.74) is 0.533. The second kappa shape index (κ2) is 7.85. The summed E-state index contributed by atoms with van der Waals surface area (Å²) in [5, 5.41) is 9.02. The highest BCUT2D eigenvalue weighted by Gasteiger charge is 2.27. The summed E-state index contributed by atoms with van der Waals surface area (Å²) in [6, 6.07) is 5.16. The van der Waals surface area contributed by atoms with Crippen LogP contribution in [0.4, 0.5) is 0 Å². The van der Waals surface area contributed by atoms with E-state index in [-0.39, 0.29) is 11.8 Å². The van der Waals surface area contributed by atoms with Gasteiger partial charge in [-0.2, -0.15) is 0 Å². The van der Waals surface area contributed by atoms with Gasteiger partial charge in [0.15, 0.2) is 11.5 Å². The van der Waals surface area contributed by atoms with Crippen molar-refractivity contribution in [3.8, 4) is 11.5 Å². The highest BCUT2D eigenvalue weighted by atomic mass is 16.5. The Bertz CT molecular complexity index is 564. The van der Waals surface area contributed by atoms with Crippen LogP contribution in [0.1, 0.15) is 37.0 Å². The van der Waals surface area contributed by atoms with Crippen LogP contribution in [0.2, 0.25) is 0 Å². The van der Waals surface area contributed by atoms with Gasteiger partial charge >= 0.3 is 5.97 Å². The van der Waals surface area contributed by atoms with E-state index < -0.39 is 5.97 Å². The summed E-state index contributed by atoms with van der Waals surface area (Å²) < 4.78 is 11.0. The molecule has 0 bridgehead atoms. The van der Waals surface area contributed by atoms with Gasteiger partial charge in [-0.3, -0.25) is 9.59 Å². The third-order valence-corrected chi connectivity index (χ3v) is 3.92. The number of carbonyl (C=O) groups excluding carboxylic acids is 1. The predicted molar refractivity (Wildman–Crippen MR) is 85.0 cm³/mol. The molecule has 1 aliphatic rings. The maximum Gasteiger partial charge on any atom is 0.306 e. The zero-order valence-corrected chi connectivity index (χ0v) is 13.6. The van der Waals surface area contributed by atoms with E-state index in [4.69, 9.17) is 14.6 Å². The molecule has 1 saturated heterocycles. The Morgan fingerprint density at radius 2 is 1.74 bits per heavy atom. The van der Waals surface area contributed by atoms with Crippen LogP contribution in [0.3, 0.4) is 0 Å². The van der Waals surface area contributed by atoms with Crippen LogP contribution in [-0.4, -0.2) is 48.2 Å². The molecule has 1 heterocycles. The van der Waals surface area contributed by atoms with Gasteiger partial charge in [0, 0.05) is 18.7 Å². The molecule has 6 nitrogen and oxygen atoms in total. The minimum absolute atomic E-state index is 0.0992. The minimum Gasteiger partial charge on any atom is -0.490 e. The molecule has 0 aromatic heterocycles. The van der Waals surface area contributed by atoms with Gasteiger partial charge in [-0.15, -0.1) is 0 Å². The standard InChI is InChI=1S/C17H23NO5/c1-3-22-14-6-5-13(11-15(14)23-4-2)16(19)18-9-7-12(8-10-18)17(20)21/h5-6,11-12H,3-4,7-10H2,1-2H3,(H,20,21). The Labute approximate surface area is 136 Å². The molecule has 1 fully saturated rings. The Morgan fingerprint density at radius 1 is 1.13 bits per heavy atom. The van der Waals surface area contributed by atoms with Crippen molar-refractivity contribution in [2.45, 2.75) is 26.7 Å². The number of aliphatic carboxylic acids is 1. The number of likely N-dealkylation sites (tertiary alicyclic amines) is 1. The Morgan fingerprint density at radius 3 is 2.30 bits per heavy atom. The van der Waals surface area contributed by atoms with Gasteiger partial charge in [-0.05, 0) is 44.9 Å². The normalized spacial score (nSPS) is 15.3. The first-order valence-corrected chi connectivity index (χ1v) is 7.98. The molecule has 0 spiro atoms. The zero-order valence-electron chi connectivity index (χ0n) is 13.6. The fourth-order valence-electron chi connectivity index (χ4n) is 2.70. The van der Waals surface area contributed by atoms with Gasteiger partial charge < -0.3 is 19.5 Å². The third-order valence-electron chi connectivity index (χ3n) is 3.92. The lowest BCUT2D eigenvalue weighted by atomic mass is 9.96. The SMILES string of the molecule is CCOc1ccc(C(=O)N2CCC(C(=O)O)CC2)cc1OCC. The maximum absolute atomic E-state index is 12.6. The van der Waals surface area contributed by atoms with Crippen molar-refractivity contribution in [1.29, 1.82) is 0 Å². The second-order valence-electron chi connectivity index (χ2n) is 5.43. The van der Waals surface area contributed by atoms with Crippen LogP contribution >= 0.6 is 0 Å². The van der Waals surface area contributed by atoms with Crippen molar-refractivity contribution in [3.63, 3.8) is 0 Å². The number of piperidine rings is 1. The van der Waals surface area contributed by atoms with Crippen molar-refractivity contribution in [3.05, 3.63) is 23.8 Å². The first-order chi connectivity index (χ1) is 11.1. The fraction of sp³-hybridized carbons (Fsp3) is 0.529. The van der Waals surface area contributed by atoms with Crippen molar-refractivity contribution >= 4 is 11.9 Å². The van der Waals surface area contributed by atoms with Crippen LogP contribution in [-0.2, 0) is 4.79 Å². The number of rotatable bonds is 6. The maximum atomic E-state index is 12.6. The average Bonchev–Trinajstić information content (AvgIpc) is 2.56. The summed E-state index contributed by atoms with van der Waals surface area (Å²) in [6.45, 7) is 5.71. The average molecular weight is 321 g/mol. The smallest absolute Gasteiger partial charge is 0.306 e. The number of ether oxygens (including phenoxy) is 2. The highest BCUT2D eigenvalue weighted by Crippen LogP contribution is 2.29. The number of nitrogens with zero attached hydrogens (tertiary/aromatic N) is 1. The number of amides is 1. The molecular formula is C17H23NO5. The molecule has 2 rings (SSSR count). The largest absolute Gasteiger partial charge is 0.490 e. The molecule has 0 unspecified atom stereocenters. The molecule has 1 aromatic carbocycles. The summed E-state index contributed by atoms with van der Waals surface area (Å²) in [6.07, 6.45) is 0.993. The van der Waals surface area contributed by atoms with E-state index in [2.05, 4.69) is 0 Å². The Hall–Kier alpha value is -2.24. The van der Waals surface area contributed by atoms with E-state index in [1.54, 1.807) is 23.1 Å². The van der Waals surface area contributed by atoms with Crippen molar-refractivity contribution in [2.75, 3.05) is 26.3 Å². The molecule has 126 valence electrons. The quantitative estimate of drug-likeness (QED) is 0.871. The van der Waals surface area contributed by atoms with Crippen LogP contribution in [0.15, 0.2) is 18.2 Å². The van der Waals surface area contributed by atoms with Crippen LogP contribution < -0.4 is 9.47 Å². The lowest BCUT2D eigenvalue weighted by Crippen LogP contribution is -2.40. The van der Waals surface area contributed by atoms with Gasteiger partial charge in [-0.25, -0.2) is 0 Å². The van der Waals surface area contributed by atoms with Gasteiger partial charge in [0.25, 0.3) is 5.91 Å². The van der Waals surface area contributed by atoms with Crippen LogP contribution in [0.5, 0.6) is 11.5 Å². The molecular weight excluding hydrogens is 298 g/mol. The van der Waals surface area contributed by atoms with Gasteiger partial charge in [0.1, 0.15) is 0 Å². The predicted octanol–water partition coefficient (Wildman–Crippen LogP) is 2.42. The zero-order chi connectivity index (χ0) is 16.8. The molecule has 23 heavy (non-hydrogen) atoms. The Kier molecular flexibility index (Phi) is 5.84. The van der Waals surface area contributed by atoms with E-state index >= 15 is 0 Å². The summed E-state index contributed by atoms with van der Waals surface area (Å²) in [5.74, 6) is -0.0517. The lowest BCUT2D eigenvalue weighted by Gasteiger charge is -2.30. The number of hydrogen-bond acceptors (Lipinski definition) is 4. The van der Waals surface area contributed by atoms with E-state index in [1.807, 2.05) is 13.8 Å². The lowest BCUT2D eigenvalue weighted by molar-refractivity contribution is -0.143. The van der Waals surface area contributed by atoms with Crippen molar-refractivity contribution in [2.24, 2.45) is 5.92 Å². The van der Waals surface area contributed by atoms with E-state index in [9.17, 15) is 9.59 Å². The third kappa shape index (κ3) is 4.15. The van der Waals surface area contributed by atoms with Crippen LogP contribution in [0.25, 0.3) is 0 Å². The molecule has 1 N–H and O–H groups in total. The monoisotopic (exact) mass is 321 g/mol. The van der Waals surface area contributed by atoms with Gasteiger partial charge in [0.05, 0.1) is 19.1 Å². The van der Waals surface area contributed by atoms with Gasteiger partial charge in [-0.1, -0.05) is 0 Å². The number of carboxylic acids is 1. The van der Waals surface area contributed by atoms with E-state index in [1.165, 1.54) is 0 Å². The minimum atomic E-state index is -0.781. The van der Waals surface area contributed by atoms with E-state index in [0.717, 1.165) is 0 Å². The molecule has 0 radical (unpaired) electrons. The number of carboxylic acid groups (broad SMARTS) is 1. The molecule has 0 aliphatic carbocycles. The molecule has 0 atom stereocenters. The van der Waals surface area contributed by atoms with Gasteiger partial charge in [0.2, 0.25) is 0 Å². The van der Waals surface area contributed by atoms with E-state index in [0.29, 0.717) is 56.2 Å². The first kappa shape index (κ1) is 17.1. The highest BCUT2D eigenvalue weighted by molar-refractivity contribution is 5.95. The first-order valence-electron chi connectivity index (χ1n) is 7.98. The summed E-state index contributed by atoms with van der Waals surface area (Å²) >= 11 is 0. The molecule has 1 amide bonds. The van der Waals surface area contributed by atoms with Crippen molar-refractivity contribution in [1.82, 2.24) is 4.90 Å². The number of benzene rings is 1. The second-order valence-corrected chi connectivity index (χ2v) is 5.43. The summed E-state index contributed by atoms with van der Waals surface area (Å²) in [4.78, 5) is 25.3. The Balaban J connectivity index is 2.10. The molecule has 6 heteroatoms. The molecule has 0 saturated carbocycles. The number of hydrogen-bond donors (Lipinski definition) is 1. The topological polar surface area (TPSA) is 76.1 Å². The van der Waals surface area contributed by atoms with Crippen molar-refractivity contribution < 1.29 is 24.2 Å². The molecule has 1 aromatic rings. The fourth-order valence-corrected chi connectivity index (χ4v) is 2.70. The summed E-state index contributed by atoms with van der Waals surface area (Å²) in [7, 11) is 0. The van der Waals surface area contributed by atoms with Crippen LogP contribution in [0, 0.1) is 5.92 Å². The molecule has 1 aliphatic heterocycles.